The number of hydrogen-bond acceptors (Lipinski definition) is 6. The molecule has 8 heteroatoms. The summed E-state index contributed by atoms with van der Waals surface area (Å²) in [5.74, 6) is 0.610. The van der Waals surface area contributed by atoms with Gasteiger partial charge in [-0.2, -0.15) is 11.8 Å². The SMILES string of the molecule is CSC(CO)C(C)NS(=O)(=O)c1ccc(CNC2CC2)o1. The highest BCUT2D eigenvalue weighted by atomic mass is 32.2. The highest BCUT2D eigenvalue weighted by Gasteiger charge is 2.26. The molecule has 2 rings (SSSR count). The molecule has 0 bridgehead atoms. The van der Waals surface area contributed by atoms with Crippen LogP contribution in [0.4, 0.5) is 0 Å². The normalized spacial score (nSPS) is 18.6. The summed E-state index contributed by atoms with van der Waals surface area (Å²) in [4.78, 5) is 0. The molecule has 1 aromatic rings. The van der Waals surface area contributed by atoms with Gasteiger partial charge in [-0.3, -0.25) is 0 Å². The second kappa shape index (κ2) is 7.15. The maximum absolute atomic E-state index is 12.2. The van der Waals surface area contributed by atoms with E-state index in [2.05, 4.69) is 10.0 Å². The Morgan fingerprint density at radius 3 is 2.76 bits per heavy atom. The molecule has 2 atom stereocenters. The molecule has 1 fully saturated rings. The minimum Gasteiger partial charge on any atom is -0.447 e. The Kier molecular flexibility index (Phi) is 5.73. The summed E-state index contributed by atoms with van der Waals surface area (Å²) >= 11 is 1.42. The summed E-state index contributed by atoms with van der Waals surface area (Å²) < 4.78 is 32.4. The van der Waals surface area contributed by atoms with E-state index in [9.17, 15) is 13.5 Å². The van der Waals surface area contributed by atoms with Gasteiger partial charge < -0.3 is 14.8 Å². The summed E-state index contributed by atoms with van der Waals surface area (Å²) in [5.41, 5.74) is 0. The molecule has 21 heavy (non-hydrogen) atoms. The van der Waals surface area contributed by atoms with Crippen LogP contribution in [0.1, 0.15) is 25.5 Å². The Morgan fingerprint density at radius 2 is 2.19 bits per heavy atom. The van der Waals surface area contributed by atoms with Crippen molar-refractivity contribution in [1.29, 1.82) is 0 Å². The fourth-order valence-corrected chi connectivity index (χ4v) is 3.89. The van der Waals surface area contributed by atoms with Crippen LogP contribution in [0, 0.1) is 0 Å². The Labute approximate surface area is 129 Å². The first-order valence-electron chi connectivity index (χ1n) is 6.94. The molecule has 120 valence electrons. The predicted molar refractivity (Wildman–Crippen MR) is 82.7 cm³/mol. The Morgan fingerprint density at radius 1 is 1.48 bits per heavy atom. The third-order valence-corrected chi connectivity index (χ3v) is 6.02. The average Bonchev–Trinajstić information content (AvgIpc) is 3.13. The maximum Gasteiger partial charge on any atom is 0.274 e. The quantitative estimate of drug-likeness (QED) is 0.622. The fourth-order valence-electron chi connectivity index (χ4n) is 1.95. The van der Waals surface area contributed by atoms with Crippen molar-refractivity contribution >= 4 is 21.8 Å². The van der Waals surface area contributed by atoms with E-state index in [0.29, 0.717) is 18.3 Å². The zero-order chi connectivity index (χ0) is 15.5. The van der Waals surface area contributed by atoms with Gasteiger partial charge >= 0.3 is 0 Å². The van der Waals surface area contributed by atoms with Crippen molar-refractivity contribution in [2.45, 2.75) is 48.7 Å². The van der Waals surface area contributed by atoms with Crippen molar-refractivity contribution < 1.29 is 17.9 Å². The van der Waals surface area contributed by atoms with Gasteiger partial charge in [0, 0.05) is 17.3 Å². The lowest BCUT2D eigenvalue weighted by atomic mass is 10.3. The van der Waals surface area contributed by atoms with Crippen LogP contribution in [0.15, 0.2) is 21.6 Å². The van der Waals surface area contributed by atoms with Crippen LogP contribution in [0.3, 0.4) is 0 Å². The number of aliphatic hydroxyl groups is 1. The third-order valence-electron chi connectivity index (χ3n) is 3.43. The third kappa shape index (κ3) is 4.72. The van der Waals surface area contributed by atoms with E-state index in [0.717, 1.165) is 0 Å². The Balaban J connectivity index is 1.97. The van der Waals surface area contributed by atoms with Crippen molar-refractivity contribution in [2.75, 3.05) is 12.9 Å². The van der Waals surface area contributed by atoms with Crippen LogP contribution in [0.5, 0.6) is 0 Å². The molecule has 1 heterocycles. The van der Waals surface area contributed by atoms with E-state index >= 15 is 0 Å². The zero-order valence-corrected chi connectivity index (χ0v) is 13.8. The van der Waals surface area contributed by atoms with Gasteiger partial charge in [0.15, 0.2) is 0 Å². The molecule has 0 aliphatic heterocycles. The number of nitrogens with one attached hydrogen (secondary N) is 2. The van der Waals surface area contributed by atoms with Crippen LogP contribution in [0.25, 0.3) is 0 Å². The van der Waals surface area contributed by atoms with Gasteiger partial charge in [0.1, 0.15) is 5.76 Å². The Bertz CT molecular complexity index is 550. The van der Waals surface area contributed by atoms with Crippen LogP contribution in [-0.2, 0) is 16.6 Å². The number of furan rings is 1. The first-order chi connectivity index (χ1) is 9.96. The largest absolute Gasteiger partial charge is 0.447 e. The van der Waals surface area contributed by atoms with Crippen LogP contribution < -0.4 is 10.0 Å². The first kappa shape index (κ1) is 16.8. The predicted octanol–water partition coefficient (Wildman–Crippen LogP) is 0.922. The molecule has 0 spiro atoms. The summed E-state index contributed by atoms with van der Waals surface area (Å²) in [7, 11) is -3.70. The van der Waals surface area contributed by atoms with E-state index in [1.165, 1.54) is 30.7 Å². The number of thioether (sulfide) groups is 1. The lowest BCUT2D eigenvalue weighted by Gasteiger charge is -2.20. The zero-order valence-electron chi connectivity index (χ0n) is 12.2. The van der Waals surface area contributed by atoms with Crippen LogP contribution in [0.2, 0.25) is 0 Å². The lowest BCUT2D eigenvalue weighted by molar-refractivity contribution is 0.281. The van der Waals surface area contributed by atoms with E-state index in [-0.39, 0.29) is 23.0 Å². The molecule has 6 nitrogen and oxygen atoms in total. The van der Waals surface area contributed by atoms with Gasteiger partial charge in [0.2, 0.25) is 5.09 Å². The molecule has 0 radical (unpaired) electrons. The van der Waals surface area contributed by atoms with Gasteiger partial charge in [-0.05, 0) is 38.2 Å². The van der Waals surface area contributed by atoms with Crippen molar-refractivity contribution in [3.05, 3.63) is 17.9 Å². The smallest absolute Gasteiger partial charge is 0.274 e. The number of hydrogen-bond donors (Lipinski definition) is 3. The van der Waals surface area contributed by atoms with Crippen LogP contribution in [-0.4, -0.2) is 43.7 Å². The van der Waals surface area contributed by atoms with Crippen molar-refractivity contribution in [1.82, 2.24) is 10.0 Å². The van der Waals surface area contributed by atoms with Crippen molar-refractivity contribution in [3.63, 3.8) is 0 Å². The number of aliphatic hydroxyl groups excluding tert-OH is 1. The van der Waals surface area contributed by atoms with Gasteiger partial charge in [0.25, 0.3) is 10.0 Å². The monoisotopic (exact) mass is 334 g/mol. The lowest BCUT2D eigenvalue weighted by Crippen LogP contribution is -2.41. The molecule has 1 aliphatic carbocycles. The molecule has 3 N–H and O–H groups in total. The van der Waals surface area contributed by atoms with Crippen LogP contribution >= 0.6 is 11.8 Å². The Hall–Kier alpha value is -0.540. The number of rotatable bonds is 9. The summed E-state index contributed by atoms with van der Waals surface area (Å²) in [6.45, 7) is 2.19. The van der Waals surface area contributed by atoms with Crippen molar-refractivity contribution in [3.8, 4) is 0 Å². The summed E-state index contributed by atoms with van der Waals surface area (Å²) in [5, 5.41) is 12.2. The van der Waals surface area contributed by atoms with E-state index in [4.69, 9.17) is 4.42 Å². The highest BCUT2D eigenvalue weighted by molar-refractivity contribution is 7.99. The van der Waals surface area contributed by atoms with Gasteiger partial charge in [-0.15, -0.1) is 0 Å². The molecule has 0 saturated heterocycles. The molecule has 1 saturated carbocycles. The second-order valence-corrected chi connectivity index (χ2v) is 7.96. The van der Waals surface area contributed by atoms with Crippen molar-refractivity contribution in [2.24, 2.45) is 0 Å². The molecular weight excluding hydrogens is 312 g/mol. The topological polar surface area (TPSA) is 91.6 Å². The second-order valence-electron chi connectivity index (χ2n) is 5.24. The highest BCUT2D eigenvalue weighted by Crippen LogP contribution is 2.21. The van der Waals surface area contributed by atoms with Gasteiger partial charge in [-0.25, -0.2) is 13.1 Å². The summed E-state index contributed by atoms with van der Waals surface area (Å²) in [6.07, 6.45) is 4.17. The molecule has 2 unspecified atom stereocenters. The number of sulfonamides is 1. The van der Waals surface area contributed by atoms with E-state index in [1.54, 1.807) is 13.0 Å². The molecule has 1 aromatic heterocycles. The minimum atomic E-state index is -3.70. The van der Waals surface area contributed by atoms with E-state index in [1.807, 2.05) is 6.26 Å². The molecule has 0 aromatic carbocycles. The van der Waals surface area contributed by atoms with Gasteiger partial charge in [0.05, 0.1) is 13.2 Å². The van der Waals surface area contributed by atoms with E-state index < -0.39 is 10.0 Å². The maximum atomic E-state index is 12.2. The minimum absolute atomic E-state index is 0.0836. The van der Waals surface area contributed by atoms with Gasteiger partial charge in [-0.1, -0.05) is 0 Å². The molecule has 0 amide bonds. The first-order valence-corrected chi connectivity index (χ1v) is 9.71. The average molecular weight is 334 g/mol. The molecular formula is C13H22N2O4S2. The summed E-state index contributed by atoms with van der Waals surface area (Å²) in [6, 6.07) is 3.30. The molecule has 1 aliphatic rings. The fraction of sp³-hybridized carbons (Fsp3) is 0.692. The standard InChI is InChI=1S/C13H22N2O4S2/c1-9(12(8-16)20-2)15-21(17,18)13-6-5-11(19-13)7-14-10-3-4-10/h5-6,9-10,12,14-16H,3-4,7-8H2,1-2H3.